The van der Waals surface area contributed by atoms with Gasteiger partial charge in [0.15, 0.2) is 0 Å². The fourth-order valence-electron chi connectivity index (χ4n) is 2.05. The molecule has 0 N–H and O–H groups in total. The van der Waals surface area contributed by atoms with Gasteiger partial charge in [0, 0.05) is 4.90 Å². The molecule has 16 heavy (non-hydrogen) atoms. The molecule has 0 fully saturated rings. The first-order valence-corrected chi connectivity index (χ1v) is 5.91. The molecule has 1 heteroatoms. The molecule has 0 nitrogen and oxygen atoms in total. The number of thiol groups is 1. The molecular formula is C15H16S. The maximum Gasteiger partial charge on any atom is 0.0119 e. The van der Waals surface area contributed by atoms with Crippen molar-refractivity contribution in [1.82, 2.24) is 0 Å². The summed E-state index contributed by atoms with van der Waals surface area (Å²) >= 11 is 4.54. The Labute approximate surface area is 103 Å². The fraction of sp³-hybridized carbons (Fsp3) is 0.200. The van der Waals surface area contributed by atoms with Crippen LogP contribution < -0.4 is 0 Å². The van der Waals surface area contributed by atoms with Crippen LogP contribution in [0.3, 0.4) is 0 Å². The van der Waals surface area contributed by atoms with Crippen molar-refractivity contribution in [3.8, 4) is 11.1 Å². The maximum atomic E-state index is 4.54. The summed E-state index contributed by atoms with van der Waals surface area (Å²) in [6.07, 6.45) is 0. The van der Waals surface area contributed by atoms with Crippen LogP contribution in [0.25, 0.3) is 11.1 Å². The van der Waals surface area contributed by atoms with Crippen LogP contribution in [0.5, 0.6) is 0 Å². The van der Waals surface area contributed by atoms with E-state index in [0.717, 1.165) is 4.90 Å². The molecule has 2 aromatic carbocycles. The molecule has 0 aliphatic heterocycles. The molecule has 0 saturated heterocycles. The Morgan fingerprint density at radius 1 is 0.812 bits per heavy atom. The number of hydrogen-bond acceptors (Lipinski definition) is 1. The molecule has 0 aromatic heterocycles. The molecule has 0 spiro atoms. The van der Waals surface area contributed by atoms with E-state index in [1.54, 1.807) is 0 Å². The largest absolute Gasteiger partial charge is 0.143 e. The Bertz CT molecular complexity index is 527. The van der Waals surface area contributed by atoms with Gasteiger partial charge in [-0.1, -0.05) is 30.3 Å². The second kappa shape index (κ2) is 4.34. The van der Waals surface area contributed by atoms with Crippen LogP contribution in [-0.4, -0.2) is 0 Å². The third-order valence-electron chi connectivity index (χ3n) is 3.12. The van der Waals surface area contributed by atoms with E-state index < -0.39 is 0 Å². The normalized spacial score (nSPS) is 10.5. The minimum Gasteiger partial charge on any atom is -0.143 e. The standard InChI is InChI=1S/C15H16S/c1-10-8-9-11(2)15(12(10)3)13-6-4-5-7-14(13)16/h4-9,16H,1-3H3. The van der Waals surface area contributed by atoms with E-state index in [4.69, 9.17) is 0 Å². The van der Waals surface area contributed by atoms with Crippen LogP contribution in [0.2, 0.25) is 0 Å². The summed E-state index contributed by atoms with van der Waals surface area (Å²) in [5.74, 6) is 0. The summed E-state index contributed by atoms with van der Waals surface area (Å²) in [6.45, 7) is 6.49. The van der Waals surface area contributed by atoms with Gasteiger partial charge in [-0.15, -0.1) is 12.6 Å². The molecule has 0 heterocycles. The van der Waals surface area contributed by atoms with E-state index in [0.29, 0.717) is 0 Å². The highest BCUT2D eigenvalue weighted by Gasteiger charge is 2.09. The molecule has 2 rings (SSSR count). The van der Waals surface area contributed by atoms with Crippen LogP contribution in [0.1, 0.15) is 16.7 Å². The zero-order valence-electron chi connectivity index (χ0n) is 9.91. The predicted octanol–water partition coefficient (Wildman–Crippen LogP) is 4.57. The van der Waals surface area contributed by atoms with Gasteiger partial charge >= 0.3 is 0 Å². The highest BCUT2D eigenvalue weighted by molar-refractivity contribution is 7.80. The first kappa shape index (κ1) is 11.3. The smallest absolute Gasteiger partial charge is 0.0119 e. The lowest BCUT2D eigenvalue weighted by atomic mass is 9.93. The van der Waals surface area contributed by atoms with Crippen molar-refractivity contribution in [2.45, 2.75) is 25.7 Å². The molecule has 0 bridgehead atoms. The summed E-state index contributed by atoms with van der Waals surface area (Å²) in [5, 5.41) is 0. The third-order valence-corrected chi connectivity index (χ3v) is 3.51. The minimum atomic E-state index is 1.04. The van der Waals surface area contributed by atoms with Crippen molar-refractivity contribution in [3.05, 3.63) is 53.1 Å². The molecule has 0 aliphatic rings. The van der Waals surface area contributed by atoms with Gasteiger partial charge < -0.3 is 0 Å². The topological polar surface area (TPSA) is 0 Å². The summed E-state index contributed by atoms with van der Waals surface area (Å²) < 4.78 is 0. The van der Waals surface area contributed by atoms with Gasteiger partial charge in [-0.2, -0.15) is 0 Å². The highest BCUT2D eigenvalue weighted by atomic mass is 32.1. The number of hydrogen-bond donors (Lipinski definition) is 1. The van der Waals surface area contributed by atoms with Crippen LogP contribution in [0.4, 0.5) is 0 Å². The monoisotopic (exact) mass is 228 g/mol. The maximum absolute atomic E-state index is 4.54. The Morgan fingerprint density at radius 2 is 1.44 bits per heavy atom. The first-order valence-electron chi connectivity index (χ1n) is 5.46. The molecule has 0 amide bonds. The van der Waals surface area contributed by atoms with E-state index >= 15 is 0 Å². The molecule has 0 unspecified atom stereocenters. The Balaban J connectivity index is 2.74. The quantitative estimate of drug-likeness (QED) is 0.679. The molecule has 0 saturated carbocycles. The van der Waals surface area contributed by atoms with Crippen molar-refractivity contribution in [2.24, 2.45) is 0 Å². The second-order valence-electron chi connectivity index (χ2n) is 4.22. The van der Waals surface area contributed by atoms with Crippen molar-refractivity contribution in [1.29, 1.82) is 0 Å². The van der Waals surface area contributed by atoms with E-state index in [9.17, 15) is 0 Å². The summed E-state index contributed by atoms with van der Waals surface area (Å²) in [5.41, 5.74) is 6.54. The second-order valence-corrected chi connectivity index (χ2v) is 4.70. The molecule has 2 aromatic rings. The van der Waals surface area contributed by atoms with Crippen LogP contribution in [0, 0.1) is 20.8 Å². The molecular weight excluding hydrogens is 212 g/mol. The van der Waals surface area contributed by atoms with Crippen LogP contribution >= 0.6 is 12.6 Å². The summed E-state index contributed by atoms with van der Waals surface area (Å²) in [4.78, 5) is 1.04. The van der Waals surface area contributed by atoms with Gasteiger partial charge in [0.25, 0.3) is 0 Å². The van der Waals surface area contributed by atoms with Gasteiger partial charge in [-0.3, -0.25) is 0 Å². The van der Waals surface area contributed by atoms with Gasteiger partial charge in [-0.05, 0) is 54.7 Å². The summed E-state index contributed by atoms with van der Waals surface area (Å²) in [7, 11) is 0. The Kier molecular flexibility index (Phi) is 3.06. The van der Waals surface area contributed by atoms with Crippen molar-refractivity contribution in [3.63, 3.8) is 0 Å². The zero-order valence-corrected chi connectivity index (χ0v) is 10.8. The zero-order chi connectivity index (χ0) is 11.7. The lowest BCUT2D eigenvalue weighted by Crippen LogP contribution is -1.92. The fourth-order valence-corrected chi connectivity index (χ4v) is 2.32. The van der Waals surface area contributed by atoms with Gasteiger partial charge in [-0.25, -0.2) is 0 Å². The SMILES string of the molecule is Cc1ccc(C)c(-c2ccccc2S)c1C. The van der Waals surface area contributed by atoms with Gasteiger partial charge in [0.05, 0.1) is 0 Å². The molecule has 0 atom stereocenters. The van der Waals surface area contributed by atoms with E-state index in [-0.39, 0.29) is 0 Å². The Morgan fingerprint density at radius 3 is 2.12 bits per heavy atom. The highest BCUT2D eigenvalue weighted by Crippen LogP contribution is 2.33. The van der Waals surface area contributed by atoms with Crippen LogP contribution in [-0.2, 0) is 0 Å². The first-order chi connectivity index (χ1) is 7.61. The van der Waals surface area contributed by atoms with E-state index in [2.05, 4.69) is 57.7 Å². The van der Waals surface area contributed by atoms with E-state index in [1.807, 2.05) is 12.1 Å². The number of aryl methyl sites for hydroxylation is 2. The molecule has 0 radical (unpaired) electrons. The van der Waals surface area contributed by atoms with Crippen molar-refractivity contribution < 1.29 is 0 Å². The van der Waals surface area contributed by atoms with Crippen molar-refractivity contribution in [2.75, 3.05) is 0 Å². The van der Waals surface area contributed by atoms with E-state index in [1.165, 1.54) is 27.8 Å². The van der Waals surface area contributed by atoms with Gasteiger partial charge in [0.1, 0.15) is 0 Å². The lowest BCUT2D eigenvalue weighted by Gasteiger charge is -2.14. The molecule has 82 valence electrons. The lowest BCUT2D eigenvalue weighted by molar-refractivity contribution is 1.28. The average Bonchev–Trinajstić information content (AvgIpc) is 2.27. The summed E-state index contributed by atoms with van der Waals surface area (Å²) in [6, 6.07) is 12.6. The van der Waals surface area contributed by atoms with Gasteiger partial charge in [0.2, 0.25) is 0 Å². The number of rotatable bonds is 1. The average molecular weight is 228 g/mol. The Hall–Kier alpha value is -1.21. The molecule has 0 aliphatic carbocycles. The third kappa shape index (κ3) is 1.88. The predicted molar refractivity (Wildman–Crippen MR) is 73.3 cm³/mol. The minimum absolute atomic E-state index is 1.04. The van der Waals surface area contributed by atoms with Crippen molar-refractivity contribution >= 4 is 12.6 Å². The van der Waals surface area contributed by atoms with Crippen LogP contribution in [0.15, 0.2) is 41.3 Å². The number of benzene rings is 2.